The van der Waals surface area contributed by atoms with Gasteiger partial charge in [-0.1, -0.05) is 11.8 Å². The number of nitrogens with one attached hydrogen (secondary N) is 2. The highest BCUT2D eigenvalue weighted by atomic mass is 32.2. The molecule has 0 aliphatic rings. The minimum absolute atomic E-state index is 0.0815. The summed E-state index contributed by atoms with van der Waals surface area (Å²) in [5.74, 6) is -1.84. The second-order valence-corrected chi connectivity index (χ2v) is 8.72. The third-order valence-corrected chi connectivity index (χ3v) is 4.77. The largest absolute Gasteiger partial charge is 0.350 e. The Morgan fingerprint density at radius 3 is 2.35 bits per heavy atom. The molecule has 2 aromatic rings. The van der Waals surface area contributed by atoms with E-state index in [1.54, 1.807) is 13.8 Å². The second kappa shape index (κ2) is 8.05. The molecule has 1 amide bonds. The lowest BCUT2D eigenvalue weighted by atomic mass is 10.2. The van der Waals surface area contributed by atoms with Gasteiger partial charge in [-0.25, -0.2) is 17.2 Å². The van der Waals surface area contributed by atoms with E-state index >= 15 is 0 Å². The van der Waals surface area contributed by atoms with Crippen LogP contribution in [0.1, 0.15) is 24.2 Å². The molecule has 5 nitrogen and oxygen atoms in total. The maximum Gasteiger partial charge on any atom is 0.251 e. The third-order valence-electron chi connectivity index (χ3n) is 3.07. The molecule has 0 unspecified atom stereocenters. The predicted octanol–water partition coefficient (Wildman–Crippen LogP) is 3.63. The number of hydrogen-bond donors (Lipinski definition) is 2. The average molecular weight is 400 g/mol. The molecule has 9 heteroatoms. The molecule has 0 fully saturated rings. The Morgan fingerprint density at radius 2 is 1.77 bits per heavy atom. The fourth-order valence-electron chi connectivity index (χ4n) is 2.05. The molecule has 0 spiro atoms. The molecule has 0 aliphatic heterocycles. The zero-order valence-corrected chi connectivity index (χ0v) is 16.0. The van der Waals surface area contributed by atoms with Crippen molar-refractivity contribution in [1.29, 1.82) is 0 Å². The van der Waals surface area contributed by atoms with E-state index in [4.69, 9.17) is 0 Å². The Hall–Kier alpha value is -2.13. The molecule has 2 N–H and O–H groups in total. The quantitative estimate of drug-likeness (QED) is 0.777. The van der Waals surface area contributed by atoms with Gasteiger partial charge in [0.25, 0.3) is 5.91 Å². The number of sulfonamides is 1. The summed E-state index contributed by atoms with van der Waals surface area (Å²) >= 11 is 0.892. The summed E-state index contributed by atoms with van der Waals surface area (Å²) in [6.07, 6.45) is 0.985. The van der Waals surface area contributed by atoms with E-state index in [0.29, 0.717) is 10.5 Å². The van der Waals surface area contributed by atoms with Crippen LogP contribution < -0.4 is 10.0 Å². The van der Waals surface area contributed by atoms with Crippen LogP contribution in [-0.2, 0) is 10.0 Å². The number of amides is 1. The van der Waals surface area contributed by atoms with Crippen molar-refractivity contribution in [3.05, 3.63) is 53.6 Å². The maximum atomic E-state index is 14.0. The molecule has 0 aromatic heterocycles. The molecule has 0 saturated carbocycles. The van der Waals surface area contributed by atoms with Gasteiger partial charge in [0, 0.05) is 27.5 Å². The average Bonchev–Trinajstić information content (AvgIpc) is 2.49. The first-order valence-corrected chi connectivity index (χ1v) is 10.3. The van der Waals surface area contributed by atoms with Crippen molar-refractivity contribution in [3.8, 4) is 0 Å². The number of carbonyl (C=O) groups is 1. The fourth-order valence-corrected chi connectivity index (χ4v) is 3.64. The first kappa shape index (κ1) is 20.2. The van der Waals surface area contributed by atoms with Crippen LogP contribution in [0.5, 0.6) is 0 Å². The molecular formula is C17H18F2N2O3S2. The van der Waals surface area contributed by atoms with Crippen LogP contribution in [0.2, 0.25) is 0 Å². The Kier molecular flexibility index (Phi) is 6.25. The van der Waals surface area contributed by atoms with Gasteiger partial charge >= 0.3 is 0 Å². The molecule has 0 aliphatic carbocycles. The van der Waals surface area contributed by atoms with E-state index in [2.05, 4.69) is 10.0 Å². The number of halogens is 2. The lowest BCUT2D eigenvalue weighted by molar-refractivity contribution is 0.0943. The van der Waals surface area contributed by atoms with Gasteiger partial charge in [0.1, 0.15) is 11.6 Å². The van der Waals surface area contributed by atoms with Crippen LogP contribution in [0.4, 0.5) is 14.5 Å². The molecule has 140 valence electrons. The number of carbonyl (C=O) groups excluding carboxylic acids is 1. The molecule has 0 atom stereocenters. The smallest absolute Gasteiger partial charge is 0.251 e. The van der Waals surface area contributed by atoms with Crippen molar-refractivity contribution in [1.82, 2.24) is 5.32 Å². The molecule has 0 bridgehead atoms. The van der Waals surface area contributed by atoms with Crippen molar-refractivity contribution in [2.75, 3.05) is 11.0 Å². The SMILES string of the molecule is CC(C)NC(=O)c1ccc(NS(C)(=O)=O)c(Sc2ccc(F)cc2F)c1. The lowest BCUT2D eigenvalue weighted by Crippen LogP contribution is -2.30. The highest BCUT2D eigenvalue weighted by molar-refractivity contribution is 7.99. The Balaban J connectivity index is 2.45. The summed E-state index contributed by atoms with van der Waals surface area (Å²) < 4.78 is 52.5. The van der Waals surface area contributed by atoms with Crippen LogP contribution in [0.15, 0.2) is 46.2 Å². The van der Waals surface area contributed by atoms with Crippen molar-refractivity contribution >= 4 is 33.4 Å². The summed E-state index contributed by atoms with van der Waals surface area (Å²) in [6.45, 7) is 3.61. The molecular weight excluding hydrogens is 382 g/mol. The van der Waals surface area contributed by atoms with E-state index in [1.165, 1.54) is 24.3 Å². The van der Waals surface area contributed by atoms with Gasteiger partial charge in [0.2, 0.25) is 10.0 Å². The van der Waals surface area contributed by atoms with E-state index in [-0.39, 0.29) is 22.5 Å². The fraction of sp³-hybridized carbons (Fsp3) is 0.235. The van der Waals surface area contributed by atoms with Gasteiger partial charge in [0.05, 0.1) is 11.9 Å². The standard InChI is InChI=1S/C17H18F2N2O3S2/c1-10(2)20-17(22)11-4-6-14(21-26(3,23)24)16(8-11)25-15-7-5-12(18)9-13(15)19/h4-10,21H,1-3H3,(H,20,22). The highest BCUT2D eigenvalue weighted by Gasteiger charge is 2.15. The predicted molar refractivity (Wildman–Crippen MR) is 98.0 cm³/mol. The third kappa shape index (κ3) is 5.70. The van der Waals surface area contributed by atoms with Gasteiger partial charge in [-0.2, -0.15) is 0 Å². The molecule has 0 radical (unpaired) electrons. The van der Waals surface area contributed by atoms with Crippen molar-refractivity contribution in [3.63, 3.8) is 0 Å². The molecule has 2 aromatic carbocycles. The Bertz CT molecular complexity index is 932. The van der Waals surface area contributed by atoms with Crippen LogP contribution >= 0.6 is 11.8 Å². The molecule has 26 heavy (non-hydrogen) atoms. The van der Waals surface area contributed by atoms with Gasteiger partial charge < -0.3 is 5.32 Å². The molecule has 2 rings (SSSR count). The topological polar surface area (TPSA) is 75.3 Å². The number of anilines is 1. The van der Waals surface area contributed by atoms with Gasteiger partial charge in [-0.05, 0) is 44.2 Å². The first-order chi connectivity index (χ1) is 12.0. The van der Waals surface area contributed by atoms with Crippen molar-refractivity contribution < 1.29 is 22.0 Å². The Labute approximate surface area is 155 Å². The van der Waals surface area contributed by atoms with Crippen LogP contribution in [0, 0.1) is 11.6 Å². The molecule has 0 saturated heterocycles. The summed E-state index contributed by atoms with van der Waals surface area (Å²) in [5.41, 5.74) is 0.491. The van der Waals surface area contributed by atoms with E-state index in [9.17, 15) is 22.0 Å². The van der Waals surface area contributed by atoms with Gasteiger partial charge in [0.15, 0.2) is 0 Å². The number of hydrogen-bond acceptors (Lipinski definition) is 4. The van der Waals surface area contributed by atoms with Crippen LogP contribution in [0.3, 0.4) is 0 Å². The first-order valence-electron chi connectivity index (χ1n) is 7.61. The van der Waals surface area contributed by atoms with Crippen molar-refractivity contribution in [2.24, 2.45) is 0 Å². The second-order valence-electron chi connectivity index (χ2n) is 5.89. The number of rotatable bonds is 6. The van der Waals surface area contributed by atoms with E-state index < -0.39 is 21.7 Å². The summed E-state index contributed by atoms with van der Waals surface area (Å²) in [6, 6.07) is 7.36. The highest BCUT2D eigenvalue weighted by Crippen LogP contribution is 2.36. The zero-order chi connectivity index (χ0) is 19.5. The monoisotopic (exact) mass is 400 g/mol. The summed E-state index contributed by atoms with van der Waals surface area (Å²) in [5, 5.41) is 2.73. The van der Waals surface area contributed by atoms with Gasteiger partial charge in [-0.15, -0.1) is 0 Å². The van der Waals surface area contributed by atoms with E-state index in [0.717, 1.165) is 30.2 Å². The zero-order valence-electron chi connectivity index (χ0n) is 14.3. The van der Waals surface area contributed by atoms with Crippen LogP contribution in [0.25, 0.3) is 0 Å². The van der Waals surface area contributed by atoms with Crippen LogP contribution in [-0.4, -0.2) is 26.6 Å². The Morgan fingerprint density at radius 1 is 1.08 bits per heavy atom. The number of benzene rings is 2. The summed E-state index contributed by atoms with van der Waals surface area (Å²) in [4.78, 5) is 12.6. The normalized spacial score (nSPS) is 11.5. The van der Waals surface area contributed by atoms with E-state index in [1.807, 2.05) is 0 Å². The lowest BCUT2D eigenvalue weighted by Gasteiger charge is -2.14. The summed E-state index contributed by atoms with van der Waals surface area (Å²) in [7, 11) is -3.58. The van der Waals surface area contributed by atoms with Gasteiger partial charge in [-0.3, -0.25) is 9.52 Å². The minimum Gasteiger partial charge on any atom is -0.350 e. The minimum atomic E-state index is -3.58. The molecule has 0 heterocycles. The van der Waals surface area contributed by atoms with Crippen molar-refractivity contribution in [2.45, 2.75) is 29.7 Å². The maximum absolute atomic E-state index is 14.0.